The lowest BCUT2D eigenvalue weighted by Gasteiger charge is -2.23. The highest BCUT2D eigenvalue weighted by Crippen LogP contribution is 2.36. The van der Waals surface area contributed by atoms with Crippen molar-refractivity contribution in [1.29, 1.82) is 0 Å². The van der Waals surface area contributed by atoms with Crippen LogP contribution in [0.15, 0.2) is 58.2 Å². The summed E-state index contributed by atoms with van der Waals surface area (Å²) in [5.74, 6) is 1.37. The zero-order valence-corrected chi connectivity index (χ0v) is 18.6. The molecular formula is C21H16FN5O4S2. The summed E-state index contributed by atoms with van der Waals surface area (Å²) < 4.78 is 30.2. The van der Waals surface area contributed by atoms with Gasteiger partial charge in [0.05, 0.1) is 5.75 Å². The molecule has 0 bridgehead atoms. The van der Waals surface area contributed by atoms with Crippen molar-refractivity contribution >= 4 is 29.0 Å². The minimum atomic E-state index is -0.486. The Balaban J connectivity index is 1.13. The number of rotatable bonds is 7. The topological polar surface area (TPSA) is 112 Å². The normalized spacial score (nSPS) is 14.8. The van der Waals surface area contributed by atoms with E-state index >= 15 is 0 Å². The number of para-hydroxylation sites is 2. The van der Waals surface area contributed by atoms with Gasteiger partial charge in [-0.1, -0.05) is 47.4 Å². The van der Waals surface area contributed by atoms with Gasteiger partial charge in [0, 0.05) is 6.54 Å². The number of fused-ring (bicyclic) bond motifs is 1. The predicted molar refractivity (Wildman–Crippen MR) is 117 cm³/mol. The van der Waals surface area contributed by atoms with Gasteiger partial charge < -0.3 is 19.2 Å². The molecule has 168 valence electrons. The molecule has 1 N–H and O–H groups in total. The number of aromatic nitrogens is 4. The third-order valence-corrected chi connectivity index (χ3v) is 6.49. The Bertz CT molecular complexity index is 1260. The number of amides is 1. The maximum absolute atomic E-state index is 13.0. The second kappa shape index (κ2) is 9.55. The Kier molecular flexibility index (Phi) is 6.17. The van der Waals surface area contributed by atoms with Crippen LogP contribution in [0.5, 0.6) is 11.5 Å². The number of benzene rings is 2. The summed E-state index contributed by atoms with van der Waals surface area (Å²) in [6, 6.07) is 13.3. The fourth-order valence-corrected chi connectivity index (χ4v) is 4.45. The molecule has 0 saturated carbocycles. The van der Waals surface area contributed by atoms with Crippen molar-refractivity contribution in [1.82, 2.24) is 25.7 Å². The molecule has 4 aromatic rings. The lowest BCUT2D eigenvalue weighted by molar-refractivity contribution is 0.0686. The molecule has 1 atom stereocenters. The van der Waals surface area contributed by atoms with E-state index in [0.29, 0.717) is 33.4 Å². The number of hydrogen-bond donors (Lipinski definition) is 1. The number of ether oxygens (including phenoxy) is 2. The molecule has 1 amide bonds. The smallest absolute Gasteiger partial charge is 0.282 e. The molecular weight excluding hydrogens is 469 g/mol. The molecule has 1 aliphatic rings. The first kappa shape index (κ1) is 21.3. The highest BCUT2D eigenvalue weighted by atomic mass is 32.2. The zero-order chi connectivity index (χ0) is 22.6. The largest absolute Gasteiger partial charge is 0.485 e. The molecule has 0 radical (unpaired) electrons. The van der Waals surface area contributed by atoms with Crippen molar-refractivity contribution in [2.45, 2.75) is 23.6 Å². The van der Waals surface area contributed by atoms with E-state index in [1.807, 2.05) is 24.3 Å². The third-order valence-electron chi connectivity index (χ3n) is 4.55. The van der Waals surface area contributed by atoms with Crippen molar-refractivity contribution in [3.05, 3.63) is 75.8 Å². The average molecular weight is 486 g/mol. The quantitative estimate of drug-likeness (QED) is 0.391. The molecule has 2 aromatic heterocycles. The van der Waals surface area contributed by atoms with Crippen LogP contribution in [-0.4, -0.2) is 32.9 Å². The minimum absolute atomic E-state index is 0.241. The van der Waals surface area contributed by atoms with E-state index in [1.54, 1.807) is 12.1 Å². The van der Waals surface area contributed by atoms with Gasteiger partial charge in [-0.15, -0.1) is 20.4 Å². The van der Waals surface area contributed by atoms with E-state index in [0.717, 1.165) is 5.56 Å². The number of hydrogen-bond acceptors (Lipinski definition) is 10. The Hall–Kier alpha value is -3.51. The number of halogens is 1. The first-order valence-corrected chi connectivity index (χ1v) is 11.6. The molecule has 9 nitrogen and oxygen atoms in total. The molecule has 0 spiro atoms. The second-order valence-corrected chi connectivity index (χ2v) is 8.86. The SMILES string of the molecule is O=C(NCc1ccc(F)cc1)c1nnc(CSc2nnc(C3COc4ccccc4O3)o2)s1. The van der Waals surface area contributed by atoms with Crippen LogP contribution in [0.2, 0.25) is 0 Å². The van der Waals surface area contributed by atoms with Crippen LogP contribution in [0, 0.1) is 5.82 Å². The van der Waals surface area contributed by atoms with Crippen molar-refractivity contribution in [2.24, 2.45) is 0 Å². The summed E-state index contributed by atoms with van der Waals surface area (Å²) in [6.45, 7) is 0.543. The lowest BCUT2D eigenvalue weighted by Crippen LogP contribution is -2.22. The summed E-state index contributed by atoms with van der Waals surface area (Å²) in [4.78, 5) is 12.3. The molecule has 5 rings (SSSR count). The standard InChI is InChI=1S/C21H16FN5O4S2/c22-13-7-5-12(6-8-13)9-23-18(28)20-26-24-17(33-20)11-32-21-27-25-19(31-21)16-10-29-14-3-1-2-4-15(14)30-16/h1-8,16H,9-11H2,(H,23,28). The van der Waals surface area contributed by atoms with Crippen LogP contribution in [0.1, 0.15) is 32.4 Å². The van der Waals surface area contributed by atoms with E-state index in [9.17, 15) is 9.18 Å². The first-order chi connectivity index (χ1) is 16.1. The molecule has 0 saturated heterocycles. The number of nitrogens with one attached hydrogen (secondary N) is 1. The summed E-state index contributed by atoms with van der Waals surface area (Å²) in [5.41, 5.74) is 0.785. The van der Waals surface area contributed by atoms with Gasteiger partial charge in [-0.2, -0.15) is 0 Å². The Labute approximate surface area is 195 Å². The van der Waals surface area contributed by atoms with Gasteiger partial charge in [0.2, 0.25) is 11.1 Å². The monoisotopic (exact) mass is 485 g/mol. The number of thioether (sulfide) groups is 1. The van der Waals surface area contributed by atoms with Crippen molar-refractivity contribution in [3.8, 4) is 11.5 Å². The Morgan fingerprint density at radius 3 is 2.76 bits per heavy atom. The highest BCUT2D eigenvalue weighted by Gasteiger charge is 2.27. The van der Waals surface area contributed by atoms with Gasteiger partial charge in [-0.3, -0.25) is 4.79 Å². The molecule has 33 heavy (non-hydrogen) atoms. The lowest BCUT2D eigenvalue weighted by atomic mass is 10.2. The summed E-state index contributed by atoms with van der Waals surface area (Å²) in [7, 11) is 0. The fraction of sp³-hybridized carbons (Fsp3) is 0.190. The predicted octanol–water partition coefficient (Wildman–Crippen LogP) is 3.80. The van der Waals surface area contributed by atoms with Crippen LogP contribution in [-0.2, 0) is 12.3 Å². The first-order valence-electron chi connectivity index (χ1n) is 9.84. The molecule has 0 aliphatic carbocycles. The summed E-state index contributed by atoms with van der Waals surface area (Å²) in [5, 5.41) is 20.0. The van der Waals surface area contributed by atoms with Gasteiger partial charge >= 0.3 is 0 Å². The van der Waals surface area contributed by atoms with Crippen molar-refractivity contribution in [3.63, 3.8) is 0 Å². The average Bonchev–Trinajstić information content (AvgIpc) is 3.52. The minimum Gasteiger partial charge on any atom is -0.485 e. The molecule has 2 aromatic carbocycles. The zero-order valence-electron chi connectivity index (χ0n) is 16.9. The van der Waals surface area contributed by atoms with Crippen molar-refractivity contribution < 1.29 is 23.1 Å². The van der Waals surface area contributed by atoms with Crippen LogP contribution in [0.3, 0.4) is 0 Å². The van der Waals surface area contributed by atoms with Crippen LogP contribution < -0.4 is 14.8 Å². The Morgan fingerprint density at radius 1 is 1.09 bits per heavy atom. The van der Waals surface area contributed by atoms with E-state index < -0.39 is 6.10 Å². The molecule has 0 fully saturated rings. The molecule has 1 aliphatic heterocycles. The summed E-state index contributed by atoms with van der Waals surface area (Å²) >= 11 is 2.46. The Morgan fingerprint density at radius 2 is 1.91 bits per heavy atom. The molecule has 12 heteroatoms. The van der Waals surface area contributed by atoms with E-state index in [1.165, 1.54) is 35.2 Å². The molecule has 1 unspecified atom stereocenters. The van der Waals surface area contributed by atoms with Crippen LogP contribution >= 0.6 is 23.1 Å². The molecule has 3 heterocycles. The van der Waals surface area contributed by atoms with E-state index in [4.69, 9.17) is 13.9 Å². The van der Waals surface area contributed by atoms with E-state index in [-0.39, 0.29) is 29.9 Å². The fourth-order valence-electron chi connectivity index (χ4n) is 2.94. The van der Waals surface area contributed by atoms with Gasteiger partial charge in [0.25, 0.3) is 17.0 Å². The van der Waals surface area contributed by atoms with Gasteiger partial charge in [0.1, 0.15) is 17.4 Å². The van der Waals surface area contributed by atoms with Crippen LogP contribution in [0.25, 0.3) is 0 Å². The number of nitrogens with zero attached hydrogens (tertiary/aromatic N) is 4. The summed E-state index contributed by atoms with van der Waals surface area (Å²) in [6.07, 6.45) is -0.486. The highest BCUT2D eigenvalue weighted by molar-refractivity contribution is 7.98. The third kappa shape index (κ3) is 5.12. The second-order valence-electron chi connectivity index (χ2n) is 6.87. The number of carbonyl (C=O) groups excluding carboxylic acids is 1. The maximum atomic E-state index is 13.0. The van der Waals surface area contributed by atoms with Gasteiger partial charge in [-0.25, -0.2) is 4.39 Å². The van der Waals surface area contributed by atoms with Gasteiger partial charge in [-0.05, 0) is 29.8 Å². The van der Waals surface area contributed by atoms with Gasteiger partial charge in [0.15, 0.2) is 11.5 Å². The van der Waals surface area contributed by atoms with E-state index in [2.05, 4.69) is 25.7 Å². The number of carbonyl (C=O) groups is 1. The van der Waals surface area contributed by atoms with Crippen LogP contribution in [0.4, 0.5) is 4.39 Å². The maximum Gasteiger partial charge on any atom is 0.282 e. The van der Waals surface area contributed by atoms with Crippen molar-refractivity contribution in [2.75, 3.05) is 6.61 Å².